The maximum atomic E-state index is 5.88. The number of rotatable bonds is 2. The molecule has 0 spiro atoms. The van der Waals surface area contributed by atoms with E-state index in [0.717, 1.165) is 16.9 Å². The fourth-order valence-electron chi connectivity index (χ4n) is 2.03. The third-order valence-electron chi connectivity index (χ3n) is 3.03. The van der Waals surface area contributed by atoms with Crippen LogP contribution >= 0.6 is 0 Å². The predicted octanol–water partition coefficient (Wildman–Crippen LogP) is 3.80. The monoisotopic (exact) mass is 254 g/mol. The number of hydrogen-bond donors (Lipinski definition) is 1. The van der Waals surface area contributed by atoms with Gasteiger partial charge >= 0.3 is 0 Å². The van der Waals surface area contributed by atoms with Crippen LogP contribution in [0.1, 0.15) is 11.3 Å². The number of aryl methyl sites for hydroxylation is 2. The van der Waals surface area contributed by atoms with Gasteiger partial charge in [-0.05, 0) is 31.5 Å². The molecule has 19 heavy (non-hydrogen) atoms. The fraction of sp³-hybridized carbons (Fsp3) is 0.133. The minimum atomic E-state index is 0.299. The van der Waals surface area contributed by atoms with Crippen LogP contribution in [0, 0.1) is 13.8 Å². The molecule has 0 bridgehead atoms. The van der Waals surface area contributed by atoms with Crippen molar-refractivity contribution in [2.24, 2.45) is 0 Å². The van der Waals surface area contributed by atoms with E-state index in [1.807, 2.05) is 50.2 Å². The van der Waals surface area contributed by atoms with Crippen molar-refractivity contribution in [1.82, 2.24) is 5.16 Å². The van der Waals surface area contributed by atoms with Crippen molar-refractivity contribution in [3.05, 3.63) is 47.7 Å². The highest BCUT2D eigenvalue weighted by Crippen LogP contribution is 2.36. The molecular formula is C15H14N2O2. The van der Waals surface area contributed by atoms with E-state index in [-0.39, 0.29) is 0 Å². The lowest BCUT2D eigenvalue weighted by atomic mass is 10.0. The van der Waals surface area contributed by atoms with Crippen LogP contribution in [0.25, 0.3) is 22.6 Å². The maximum Gasteiger partial charge on any atom is 0.230 e. The molecule has 0 amide bonds. The Morgan fingerprint density at radius 2 is 1.74 bits per heavy atom. The molecule has 3 rings (SSSR count). The van der Waals surface area contributed by atoms with Crippen LogP contribution in [0.15, 0.2) is 45.3 Å². The number of nitrogen functional groups attached to an aromatic ring is 1. The van der Waals surface area contributed by atoms with Gasteiger partial charge in [0.2, 0.25) is 5.88 Å². The van der Waals surface area contributed by atoms with Gasteiger partial charge in [0.1, 0.15) is 5.76 Å². The molecule has 2 heterocycles. The quantitative estimate of drug-likeness (QED) is 0.755. The van der Waals surface area contributed by atoms with Gasteiger partial charge in [0.05, 0.1) is 5.56 Å². The van der Waals surface area contributed by atoms with Gasteiger partial charge in [-0.3, -0.25) is 0 Å². The number of nitrogens with zero attached hydrogens (tertiary/aromatic N) is 1. The smallest absolute Gasteiger partial charge is 0.230 e. The molecule has 2 aromatic heterocycles. The molecule has 0 saturated carbocycles. The van der Waals surface area contributed by atoms with E-state index < -0.39 is 0 Å². The molecule has 0 fully saturated rings. The van der Waals surface area contributed by atoms with Crippen molar-refractivity contribution in [3.8, 4) is 22.6 Å². The third-order valence-corrected chi connectivity index (χ3v) is 3.03. The molecular weight excluding hydrogens is 240 g/mol. The number of benzene rings is 1. The lowest BCUT2D eigenvalue weighted by Gasteiger charge is -2.01. The zero-order chi connectivity index (χ0) is 13.4. The first kappa shape index (κ1) is 11.6. The van der Waals surface area contributed by atoms with E-state index >= 15 is 0 Å². The molecule has 0 aliphatic heterocycles. The Bertz CT molecular complexity index is 708. The second kappa shape index (κ2) is 4.31. The summed E-state index contributed by atoms with van der Waals surface area (Å²) in [6.45, 7) is 3.93. The van der Waals surface area contributed by atoms with E-state index in [1.54, 1.807) is 0 Å². The van der Waals surface area contributed by atoms with E-state index in [0.29, 0.717) is 17.3 Å². The van der Waals surface area contributed by atoms with E-state index in [1.165, 1.54) is 5.56 Å². The zero-order valence-electron chi connectivity index (χ0n) is 10.8. The van der Waals surface area contributed by atoms with Crippen molar-refractivity contribution >= 4 is 5.88 Å². The first-order valence-corrected chi connectivity index (χ1v) is 6.04. The largest absolute Gasteiger partial charge is 0.460 e. The Morgan fingerprint density at radius 3 is 2.37 bits per heavy atom. The summed E-state index contributed by atoms with van der Waals surface area (Å²) in [7, 11) is 0. The number of aromatic nitrogens is 1. The minimum Gasteiger partial charge on any atom is -0.460 e. The number of hydrogen-bond acceptors (Lipinski definition) is 4. The van der Waals surface area contributed by atoms with E-state index in [2.05, 4.69) is 5.16 Å². The van der Waals surface area contributed by atoms with Gasteiger partial charge < -0.3 is 14.7 Å². The summed E-state index contributed by atoms with van der Waals surface area (Å²) in [5.74, 6) is 1.79. The molecule has 1 aromatic carbocycles. The number of anilines is 1. The Labute approximate surface area is 110 Å². The second-order valence-corrected chi connectivity index (χ2v) is 4.55. The van der Waals surface area contributed by atoms with E-state index in [4.69, 9.17) is 14.7 Å². The molecule has 0 unspecified atom stereocenters. The van der Waals surface area contributed by atoms with Crippen LogP contribution < -0.4 is 5.73 Å². The highest BCUT2D eigenvalue weighted by molar-refractivity contribution is 5.85. The molecule has 3 aromatic rings. The van der Waals surface area contributed by atoms with Crippen molar-refractivity contribution in [2.45, 2.75) is 13.8 Å². The van der Waals surface area contributed by atoms with Crippen LogP contribution in [0.4, 0.5) is 5.88 Å². The van der Waals surface area contributed by atoms with Crippen molar-refractivity contribution in [3.63, 3.8) is 0 Å². The standard InChI is InChI=1S/C15H14N2O2/c1-9-3-6-11(7-4-9)13-14(17-19-15(13)16)12-8-5-10(2)18-12/h3-8H,16H2,1-2H3. The fourth-order valence-corrected chi connectivity index (χ4v) is 2.03. The highest BCUT2D eigenvalue weighted by atomic mass is 16.5. The van der Waals surface area contributed by atoms with Gasteiger partial charge in [-0.1, -0.05) is 35.0 Å². The van der Waals surface area contributed by atoms with E-state index in [9.17, 15) is 0 Å². The molecule has 0 saturated heterocycles. The number of nitrogens with two attached hydrogens (primary N) is 1. The molecule has 4 heteroatoms. The van der Waals surface area contributed by atoms with Crippen LogP contribution in [-0.2, 0) is 0 Å². The summed E-state index contributed by atoms with van der Waals surface area (Å²) in [6.07, 6.45) is 0. The third kappa shape index (κ3) is 2.01. The highest BCUT2D eigenvalue weighted by Gasteiger charge is 2.19. The van der Waals surface area contributed by atoms with Gasteiger partial charge in [0, 0.05) is 0 Å². The van der Waals surface area contributed by atoms with Crippen molar-refractivity contribution < 1.29 is 8.94 Å². The summed E-state index contributed by atoms with van der Waals surface area (Å²) in [6, 6.07) is 11.8. The Hall–Kier alpha value is -2.49. The van der Waals surface area contributed by atoms with Crippen LogP contribution in [0.5, 0.6) is 0 Å². The first-order valence-electron chi connectivity index (χ1n) is 6.04. The average molecular weight is 254 g/mol. The van der Waals surface area contributed by atoms with Gasteiger partial charge in [0.25, 0.3) is 0 Å². The van der Waals surface area contributed by atoms with Crippen LogP contribution in [-0.4, -0.2) is 5.16 Å². The lowest BCUT2D eigenvalue weighted by molar-refractivity contribution is 0.435. The molecule has 2 N–H and O–H groups in total. The lowest BCUT2D eigenvalue weighted by Crippen LogP contribution is -1.87. The Balaban J connectivity index is 2.16. The van der Waals surface area contributed by atoms with Crippen molar-refractivity contribution in [2.75, 3.05) is 5.73 Å². The predicted molar refractivity (Wildman–Crippen MR) is 73.5 cm³/mol. The van der Waals surface area contributed by atoms with Gasteiger partial charge in [-0.15, -0.1) is 0 Å². The van der Waals surface area contributed by atoms with Gasteiger partial charge in [-0.2, -0.15) is 0 Å². The molecule has 0 atom stereocenters. The minimum absolute atomic E-state index is 0.299. The summed E-state index contributed by atoms with van der Waals surface area (Å²) in [4.78, 5) is 0. The first-order chi connectivity index (χ1) is 9.15. The zero-order valence-corrected chi connectivity index (χ0v) is 10.8. The SMILES string of the molecule is Cc1ccc(-c2c(-c3ccc(C)o3)noc2N)cc1. The Kier molecular flexibility index (Phi) is 2.63. The Morgan fingerprint density at radius 1 is 1.00 bits per heavy atom. The van der Waals surface area contributed by atoms with Gasteiger partial charge in [-0.25, -0.2) is 0 Å². The second-order valence-electron chi connectivity index (χ2n) is 4.55. The summed E-state index contributed by atoms with van der Waals surface area (Å²) in [5, 5.41) is 4.00. The summed E-state index contributed by atoms with van der Waals surface area (Å²) < 4.78 is 10.7. The normalized spacial score (nSPS) is 10.8. The topological polar surface area (TPSA) is 65.2 Å². The summed E-state index contributed by atoms with van der Waals surface area (Å²) >= 11 is 0. The summed E-state index contributed by atoms with van der Waals surface area (Å²) in [5.41, 5.74) is 9.45. The molecule has 0 radical (unpaired) electrons. The maximum absolute atomic E-state index is 5.88. The number of furan rings is 1. The molecule has 0 aliphatic rings. The van der Waals surface area contributed by atoms with Gasteiger partial charge in [0.15, 0.2) is 11.5 Å². The van der Waals surface area contributed by atoms with Crippen molar-refractivity contribution in [1.29, 1.82) is 0 Å². The van der Waals surface area contributed by atoms with Crippen LogP contribution in [0.2, 0.25) is 0 Å². The molecule has 0 aliphatic carbocycles. The molecule has 96 valence electrons. The molecule has 4 nitrogen and oxygen atoms in total. The average Bonchev–Trinajstić information content (AvgIpc) is 2.97. The van der Waals surface area contributed by atoms with Crippen LogP contribution in [0.3, 0.4) is 0 Å².